The number of ether oxygens (including phenoxy) is 2. The topological polar surface area (TPSA) is 73.6 Å². The lowest BCUT2D eigenvalue weighted by Crippen LogP contribution is -2.47. The van der Waals surface area contributed by atoms with Crippen molar-refractivity contribution in [1.29, 1.82) is 0 Å². The van der Waals surface area contributed by atoms with Gasteiger partial charge in [0.25, 0.3) is 0 Å². The van der Waals surface area contributed by atoms with Crippen LogP contribution in [0.5, 0.6) is 0 Å². The first kappa shape index (κ1) is 18.9. The van der Waals surface area contributed by atoms with Gasteiger partial charge in [0.15, 0.2) is 0 Å². The molecule has 5 nitrogen and oxygen atoms in total. The second kappa shape index (κ2) is 11.2. The van der Waals surface area contributed by atoms with E-state index in [0.717, 1.165) is 45.3 Å². The Bertz CT molecular complexity index is 461. The summed E-state index contributed by atoms with van der Waals surface area (Å²) in [4.78, 5) is 12.0. The maximum Gasteiger partial charge on any atom is 0.237 e. The van der Waals surface area contributed by atoms with E-state index in [1.807, 2.05) is 18.2 Å². The number of hydrogen-bond acceptors (Lipinski definition) is 4. The Kier molecular flexibility index (Phi) is 8.81. The Morgan fingerprint density at radius 3 is 2.71 bits per heavy atom. The Labute approximate surface area is 144 Å². The lowest BCUT2D eigenvalue weighted by Gasteiger charge is -2.26. The molecule has 0 aromatic heterocycles. The van der Waals surface area contributed by atoms with E-state index < -0.39 is 6.04 Å². The van der Waals surface area contributed by atoms with Gasteiger partial charge in [0, 0.05) is 26.4 Å². The molecular formula is C19H30N2O3. The number of carbonyl (C=O) groups is 1. The Hall–Kier alpha value is -1.43. The Balaban J connectivity index is 1.45. The molecule has 1 heterocycles. The van der Waals surface area contributed by atoms with Gasteiger partial charge < -0.3 is 20.5 Å². The summed E-state index contributed by atoms with van der Waals surface area (Å²) in [6.07, 6.45) is 4.56. The summed E-state index contributed by atoms with van der Waals surface area (Å²) < 4.78 is 10.9. The standard InChI is InChI=1S/C19H30N2O3/c20-18(17-9-14-24-15-10-17)19(22)21-11-4-5-12-23-13-8-16-6-2-1-3-7-16/h1-3,6-7,17-18H,4-5,8-15,20H2,(H,21,22). The number of rotatable bonds is 10. The minimum atomic E-state index is -0.406. The molecule has 1 aromatic carbocycles. The molecule has 134 valence electrons. The van der Waals surface area contributed by atoms with Crippen LogP contribution in [-0.4, -0.2) is 44.9 Å². The van der Waals surface area contributed by atoms with Crippen LogP contribution in [0.4, 0.5) is 0 Å². The summed E-state index contributed by atoms with van der Waals surface area (Å²) in [5.74, 6) is 0.215. The fourth-order valence-corrected chi connectivity index (χ4v) is 2.88. The van der Waals surface area contributed by atoms with E-state index >= 15 is 0 Å². The third-order valence-electron chi connectivity index (χ3n) is 4.47. The highest BCUT2D eigenvalue weighted by Crippen LogP contribution is 2.17. The molecule has 1 aromatic rings. The van der Waals surface area contributed by atoms with Crippen molar-refractivity contribution in [2.24, 2.45) is 11.7 Å². The zero-order valence-electron chi connectivity index (χ0n) is 14.4. The van der Waals surface area contributed by atoms with Crippen molar-refractivity contribution in [3.8, 4) is 0 Å². The maximum atomic E-state index is 12.0. The van der Waals surface area contributed by atoms with Crippen molar-refractivity contribution in [3.05, 3.63) is 35.9 Å². The van der Waals surface area contributed by atoms with E-state index in [1.54, 1.807) is 0 Å². The number of amides is 1. The van der Waals surface area contributed by atoms with Crippen LogP contribution in [0.2, 0.25) is 0 Å². The van der Waals surface area contributed by atoms with E-state index in [9.17, 15) is 4.79 Å². The van der Waals surface area contributed by atoms with E-state index in [0.29, 0.717) is 19.8 Å². The van der Waals surface area contributed by atoms with Gasteiger partial charge in [-0.3, -0.25) is 4.79 Å². The van der Waals surface area contributed by atoms with E-state index in [4.69, 9.17) is 15.2 Å². The van der Waals surface area contributed by atoms with Crippen LogP contribution in [0.3, 0.4) is 0 Å². The minimum Gasteiger partial charge on any atom is -0.381 e. The van der Waals surface area contributed by atoms with Crippen LogP contribution in [-0.2, 0) is 20.7 Å². The smallest absolute Gasteiger partial charge is 0.237 e. The molecule has 2 rings (SSSR count). The first-order chi connectivity index (χ1) is 11.8. The van der Waals surface area contributed by atoms with Gasteiger partial charge in [-0.1, -0.05) is 30.3 Å². The van der Waals surface area contributed by atoms with E-state index in [-0.39, 0.29) is 11.8 Å². The van der Waals surface area contributed by atoms with Gasteiger partial charge in [-0.05, 0) is 43.6 Å². The van der Waals surface area contributed by atoms with Crippen LogP contribution in [0.25, 0.3) is 0 Å². The third-order valence-corrected chi connectivity index (χ3v) is 4.47. The van der Waals surface area contributed by atoms with Gasteiger partial charge in [-0.15, -0.1) is 0 Å². The number of carbonyl (C=O) groups excluding carboxylic acids is 1. The average Bonchev–Trinajstić information content (AvgIpc) is 2.64. The molecule has 1 amide bonds. The molecule has 1 aliphatic rings. The molecule has 0 saturated carbocycles. The number of nitrogens with one attached hydrogen (secondary N) is 1. The first-order valence-corrected chi connectivity index (χ1v) is 9.00. The molecule has 1 unspecified atom stereocenters. The molecule has 0 bridgehead atoms. The molecule has 0 radical (unpaired) electrons. The van der Waals surface area contributed by atoms with Crippen molar-refractivity contribution in [2.45, 2.75) is 38.1 Å². The molecule has 24 heavy (non-hydrogen) atoms. The fourth-order valence-electron chi connectivity index (χ4n) is 2.88. The predicted octanol–water partition coefficient (Wildman–Crippen LogP) is 1.90. The van der Waals surface area contributed by atoms with Crippen molar-refractivity contribution in [2.75, 3.05) is 33.0 Å². The highest BCUT2D eigenvalue weighted by molar-refractivity contribution is 5.81. The zero-order chi connectivity index (χ0) is 17.0. The van der Waals surface area contributed by atoms with E-state index in [2.05, 4.69) is 17.4 Å². The molecule has 5 heteroatoms. The van der Waals surface area contributed by atoms with Crippen molar-refractivity contribution >= 4 is 5.91 Å². The number of benzene rings is 1. The van der Waals surface area contributed by atoms with Crippen molar-refractivity contribution in [1.82, 2.24) is 5.32 Å². The van der Waals surface area contributed by atoms with E-state index in [1.165, 1.54) is 5.56 Å². The molecule has 1 aliphatic heterocycles. The van der Waals surface area contributed by atoms with Crippen molar-refractivity contribution < 1.29 is 14.3 Å². The lowest BCUT2D eigenvalue weighted by atomic mass is 9.92. The summed E-state index contributed by atoms with van der Waals surface area (Å²) in [5.41, 5.74) is 7.33. The predicted molar refractivity (Wildman–Crippen MR) is 94.7 cm³/mol. The molecular weight excluding hydrogens is 304 g/mol. The molecule has 3 N–H and O–H groups in total. The maximum absolute atomic E-state index is 12.0. The second-order valence-corrected chi connectivity index (χ2v) is 6.32. The monoisotopic (exact) mass is 334 g/mol. The molecule has 1 fully saturated rings. The van der Waals surface area contributed by atoms with Gasteiger partial charge in [-0.25, -0.2) is 0 Å². The number of unbranched alkanes of at least 4 members (excludes halogenated alkanes) is 1. The summed E-state index contributed by atoms with van der Waals surface area (Å²) in [6.45, 7) is 3.56. The SMILES string of the molecule is NC(C(=O)NCCCCOCCc1ccccc1)C1CCOCC1. The van der Waals surface area contributed by atoms with Crippen molar-refractivity contribution in [3.63, 3.8) is 0 Å². The highest BCUT2D eigenvalue weighted by atomic mass is 16.5. The summed E-state index contributed by atoms with van der Waals surface area (Å²) >= 11 is 0. The van der Waals surface area contributed by atoms with Crippen LogP contribution < -0.4 is 11.1 Å². The summed E-state index contributed by atoms with van der Waals surface area (Å²) in [5, 5.41) is 2.94. The molecule has 0 aliphatic carbocycles. The molecule has 1 saturated heterocycles. The Morgan fingerprint density at radius 1 is 1.21 bits per heavy atom. The average molecular weight is 334 g/mol. The van der Waals surface area contributed by atoms with Crippen LogP contribution in [0.1, 0.15) is 31.2 Å². The number of hydrogen-bond donors (Lipinski definition) is 2. The van der Waals surface area contributed by atoms with Gasteiger partial charge in [0.05, 0.1) is 12.6 Å². The zero-order valence-corrected chi connectivity index (χ0v) is 14.4. The van der Waals surface area contributed by atoms with Gasteiger partial charge in [0.2, 0.25) is 5.91 Å². The third kappa shape index (κ3) is 6.99. The first-order valence-electron chi connectivity index (χ1n) is 9.00. The van der Waals surface area contributed by atoms with Crippen LogP contribution in [0.15, 0.2) is 30.3 Å². The van der Waals surface area contributed by atoms with Crippen LogP contribution in [0, 0.1) is 5.92 Å². The quantitative estimate of drug-likeness (QED) is 0.641. The lowest BCUT2D eigenvalue weighted by molar-refractivity contribution is -0.124. The Morgan fingerprint density at radius 2 is 1.96 bits per heavy atom. The molecule has 1 atom stereocenters. The highest BCUT2D eigenvalue weighted by Gasteiger charge is 2.26. The van der Waals surface area contributed by atoms with Gasteiger partial charge in [0.1, 0.15) is 0 Å². The number of nitrogens with two attached hydrogens (primary N) is 1. The fraction of sp³-hybridized carbons (Fsp3) is 0.632. The normalized spacial score (nSPS) is 16.7. The largest absolute Gasteiger partial charge is 0.381 e. The minimum absolute atomic E-state index is 0.0353. The van der Waals surface area contributed by atoms with Crippen LogP contribution >= 0.6 is 0 Å². The molecule has 0 spiro atoms. The summed E-state index contributed by atoms with van der Waals surface area (Å²) in [7, 11) is 0. The summed E-state index contributed by atoms with van der Waals surface area (Å²) in [6, 6.07) is 9.93. The van der Waals surface area contributed by atoms with Gasteiger partial charge >= 0.3 is 0 Å². The van der Waals surface area contributed by atoms with Gasteiger partial charge in [-0.2, -0.15) is 0 Å². The second-order valence-electron chi connectivity index (χ2n) is 6.32.